The molecule has 2 rings (SSSR count). The van der Waals surface area contributed by atoms with E-state index in [0.29, 0.717) is 29.6 Å². The van der Waals surface area contributed by atoms with Crippen molar-refractivity contribution in [2.45, 2.75) is 13.0 Å². The molecule has 22 heavy (non-hydrogen) atoms. The van der Waals surface area contributed by atoms with E-state index in [4.69, 9.17) is 4.74 Å². The Morgan fingerprint density at radius 2 is 2.27 bits per heavy atom. The monoisotopic (exact) mass is 365 g/mol. The predicted molar refractivity (Wildman–Crippen MR) is 88.3 cm³/mol. The highest BCUT2D eigenvalue weighted by Gasteiger charge is 2.26. The Labute approximate surface area is 137 Å². The van der Waals surface area contributed by atoms with Crippen molar-refractivity contribution in [3.63, 3.8) is 0 Å². The highest BCUT2D eigenvalue weighted by Crippen LogP contribution is 2.29. The van der Waals surface area contributed by atoms with Crippen molar-refractivity contribution in [3.8, 4) is 5.75 Å². The highest BCUT2D eigenvalue weighted by atomic mass is 79.9. The van der Waals surface area contributed by atoms with Gasteiger partial charge in [-0.15, -0.1) is 0 Å². The number of carbonyl (C=O) groups is 1. The van der Waals surface area contributed by atoms with Crippen LogP contribution in [0.3, 0.4) is 0 Å². The summed E-state index contributed by atoms with van der Waals surface area (Å²) in [6, 6.07) is 4.61. The minimum absolute atomic E-state index is 0.0971. The number of rotatable bonds is 5. The number of nitrogens with zero attached hydrogens (tertiary/aromatic N) is 1. The Balaban J connectivity index is 2.24. The molecule has 0 aliphatic carbocycles. The molecule has 1 aliphatic rings. The maximum Gasteiger partial charge on any atom is 0.254 e. The van der Waals surface area contributed by atoms with Crippen LogP contribution in [0.5, 0.6) is 5.75 Å². The van der Waals surface area contributed by atoms with Crippen molar-refractivity contribution in [2.24, 2.45) is 0 Å². The molecule has 1 heterocycles. The third kappa shape index (κ3) is 3.30. The molecule has 0 saturated carbocycles. The van der Waals surface area contributed by atoms with E-state index in [2.05, 4.69) is 29.1 Å². The van der Waals surface area contributed by atoms with E-state index < -0.39 is 5.82 Å². The number of amides is 1. The molecule has 0 saturated heterocycles. The third-order valence-corrected chi connectivity index (χ3v) is 4.07. The van der Waals surface area contributed by atoms with Crippen LogP contribution in [0, 0.1) is 5.82 Å². The van der Waals surface area contributed by atoms with Crippen molar-refractivity contribution >= 4 is 21.8 Å². The van der Waals surface area contributed by atoms with Gasteiger partial charge in [-0.1, -0.05) is 41.2 Å². The lowest BCUT2D eigenvalue weighted by atomic mass is 9.98. The lowest BCUT2D eigenvalue weighted by molar-refractivity contribution is -0.128. The van der Waals surface area contributed by atoms with Gasteiger partial charge >= 0.3 is 0 Å². The Morgan fingerprint density at radius 1 is 1.55 bits per heavy atom. The lowest BCUT2D eigenvalue weighted by Gasteiger charge is -2.29. The highest BCUT2D eigenvalue weighted by molar-refractivity contribution is 9.11. The second kappa shape index (κ2) is 6.92. The number of hydrogen-bond acceptors (Lipinski definition) is 2. The van der Waals surface area contributed by atoms with E-state index in [1.807, 2.05) is 0 Å². The average molecular weight is 366 g/mol. The average Bonchev–Trinajstić information content (AvgIpc) is 2.50. The number of halogens is 2. The maximum atomic E-state index is 13.4. The molecule has 0 N–H and O–H groups in total. The van der Waals surface area contributed by atoms with Crippen LogP contribution in [0.2, 0.25) is 0 Å². The second-order valence-electron chi connectivity index (χ2n) is 4.95. The Morgan fingerprint density at radius 3 is 2.86 bits per heavy atom. The first-order valence-electron chi connectivity index (χ1n) is 6.80. The zero-order valence-corrected chi connectivity index (χ0v) is 14.0. The van der Waals surface area contributed by atoms with Crippen LogP contribution in [-0.4, -0.2) is 24.5 Å². The Bertz CT molecular complexity index is 667. The summed E-state index contributed by atoms with van der Waals surface area (Å²) in [5, 5.41) is 0. The van der Waals surface area contributed by atoms with Crippen molar-refractivity contribution in [2.75, 3.05) is 13.7 Å². The van der Waals surface area contributed by atoms with Crippen LogP contribution in [-0.2, 0) is 11.3 Å². The van der Waals surface area contributed by atoms with E-state index in [-0.39, 0.29) is 11.7 Å². The molecule has 0 bridgehead atoms. The summed E-state index contributed by atoms with van der Waals surface area (Å²) in [6.45, 7) is 8.52. The van der Waals surface area contributed by atoms with Gasteiger partial charge in [0.05, 0.1) is 7.11 Å². The van der Waals surface area contributed by atoms with Gasteiger partial charge in [0.1, 0.15) is 0 Å². The van der Waals surface area contributed by atoms with Crippen LogP contribution in [0.15, 0.2) is 53.1 Å². The van der Waals surface area contributed by atoms with Crippen molar-refractivity contribution < 1.29 is 13.9 Å². The molecular weight excluding hydrogens is 349 g/mol. The van der Waals surface area contributed by atoms with Gasteiger partial charge in [-0.05, 0) is 29.7 Å². The van der Waals surface area contributed by atoms with Crippen molar-refractivity contribution in [1.29, 1.82) is 0 Å². The Hall–Kier alpha value is -1.88. The molecule has 1 aromatic rings. The van der Waals surface area contributed by atoms with Crippen LogP contribution in [0.1, 0.15) is 12.0 Å². The third-order valence-electron chi connectivity index (χ3n) is 3.59. The molecule has 0 spiro atoms. The number of allylic oxidation sites excluding steroid dienone is 1. The van der Waals surface area contributed by atoms with Crippen LogP contribution >= 0.6 is 15.9 Å². The summed E-state index contributed by atoms with van der Waals surface area (Å²) in [7, 11) is 1.42. The van der Waals surface area contributed by atoms with Crippen molar-refractivity contribution in [1.82, 2.24) is 4.90 Å². The predicted octanol–water partition coefficient (Wildman–Crippen LogP) is 3.96. The van der Waals surface area contributed by atoms with Gasteiger partial charge in [0.2, 0.25) is 0 Å². The molecule has 1 aliphatic heterocycles. The minimum atomic E-state index is -0.416. The molecule has 0 radical (unpaired) electrons. The molecule has 0 atom stereocenters. The number of methoxy groups -OCH3 is 1. The smallest absolute Gasteiger partial charge is 0.254 e. The van der Waals surface area contributed by atoms with Crippen molar-refractivity contribution in [3.05, 3.63) is 64.4 Å². The van der Waals surface area contributed by atoms with E-state index in [1.165, 1.54) is 13.2 Å². The summed E-state index contributed by atoms with van der Waals surface area (Å²) in [5.41, 5.74) is 2.26. The maximum absolute atomic E-state index is 13.4. The summed E-state index contributed by atoms with van der Waals surface area (Å²) in [4.78, 5) is 14.2. The number of hydrogen-bond donors (Lipinski definition) is 0. The number of carbonyl (C=O) groups excluding carboxylic acids is 1. The first-order valence-corrected chi connectivity index (χ1v) is 7.59. The Kier molecular flexibility index (Phi) is 5.19. The number of ether oxygens (including phenoxy) is 1. The standard InChI is InChI=1S/C17H17BrFNO2/c1-4-13-14(11(2)18)7-8-20(17(13)21)10-12-5-6-15(19)16(9-12)22-3/h4-6,9H,1-2,7-8,10H2,3H3. The number of benzene rings is 1. The normalized spacial score (nSPS) is 15.0. The molecule has 0 aromatic heterocycles. The van der Waals surface area contributed by atoms with E-state index in [0.717, 1.165) is 11.1 Å². The zero-order valence-electron chi connectivity index (χ0n) is 12.4. The zero-order chi connectivity index (χ0) is 16.3. The molecule has 1 amide bonds. The molecule has 1 aromatic carbocycles. The van der Waals surface area contributed by atoms with E-state index >= 15 is 0 Å². The first-order chi connectivity index (χ1) is 10.5. The van der Waals surface area contributed by atoms with Gasteiger partial charge in [-0.25, -0.2) is 4.39 Å². The van der Waals surface area contributed by atoms with Gasteiger partial charge in [0.25, 0.3) is 5.91 Å². The molecule has 0 fully saturated rings. The fourth-order valence-corrected chi connectivity index (χ4v) is 2.86. The van der Waals surface area contributed by atoms with Crippen LogP contribution in [0.25, 0.3) is 0 Å². The van der Waals surface area contributed by atoms with E-state index in [9.17, 15) is 9.18 Å². The van der Waals surface area contributed by atoms with Gasteiger partial charge in [-0.2, -0.15) is 0 Å². The lowest BCUT2D eigenvalue weighted by Crippen LogP contribution is -2.36. The summed E-state index contributed by atoms with van der Waals surface area (Å²) >= 11 is 3.33. The first kappa shape index (κ1) is 16.5. The van der Waals surface area contributed by atoms with Gasteiger partial charge in [0, 0.05) is 23.1 Å². The molecule has 5 heteroatoms. The topological polar surface area (TPSA) is 29.5 Å². The second-order valence-corrected chi connectivity index (χ2v) is 5.90. The largest absolute Gasteiger partial charge is 0.494 e. The minimum Gasteiger partial charge on any atom is -0.494 e. The van der Waals surface area contributed by atoms with Gasteiger partial charge in [-0.3, -0.25) is 4.79 Å². The quantitative estimate of drug-likeness (QED) is 0.790. The van der Waals surface area contributed by atoms with Gasteiger partial charge < -0.3 is 9.64 Å². The molecule has 3 nitrogen and oxygen atoms in total. The fraction of sp³-hybridized carbons (Fsp3) is 0.235. The molecule has 116 valence electrons. The summed E-state index contributed by atoms with van der Waals surface area (Å²) in [5.74, 6) is -0.336. The summed E-state index contributed by atoms with van der Waals surface area (Å²) < 4.78 is 19.1. The molecule has 0 unspecified atom stereocenters. The van der Waals surface area contributed by atoms with Gasteiger partial charge in [0.15, 0.2) is 11.6 Å². The SMILES string of the molecule is C=CC1=C(C(=C)Br)CCN(Cc2ccc(F)c(OC)c2)C1=O. The fourth-order valence-electron chi connectivity index (χ4n) is 2.45. The van der Waals surface area contributed by atoms with Crippen LogP contribution < -0.4 is 4.74 Å². The van der Waals surface area contributed by atoms with Crippen LogP contribution in [0.4, 0.5) is 4.39 Å². The summed E-state index contributed by atoms with van der Waals surface area (Å²) in [6.07, 6.45) is 2.26. The van der Waals surface area contributed by atoms with E-state index in [1.54, 1.807) is 23.1 Å². The molecular formula is C17H17BrFNO2.